The van der Waals surface area contributed by atoms with Gasteiger partial charge in [0.2, 0.25) is 0 Å². The van der Waals surface area contributed by atoms with E-state index < -0.39 is 0 Å². The first-order chi connectivity index (χ1) is 6.26. The summed E-state index contributed by atoms with van der Waals surface area (Å²) in [7, 11) is 1.40. The lowest BCUT2D eigenvalue weighted by molar-refractivity contribution is -0.161. The molecule has 1 atom stereocenters. The van der Waals surface area contributed by atoms with Crippen LogP contribution in [0.1, 0.15) is 19.3 Å². The van der Waals surface area contributed by atoms with Crippen LogP contribution < -0.4 is 5.32 Å². The fraction of sp³-hybridized carbons (Fsp3) is 0.889. The van der Waals surface area contributed by atoms with Crippen LogP contribution in [-0.4, -0.2) is 37.9 Å². The monoisotopic (exact) mass is 221 g/mol. The van der Waals surface area contributed by atoms with Gasteiger partial charge in [0, 0.05) is 6.54 Å². The number of carbonyl (C=O) groups is 1. The minimum absolute atomic E-state index is 0. The highest BCUT2D eigenvalue weighted by molar-refractivity contribution is 5.85. The number of ether oxygens (including phenoxy) is 2. The van der Waals surface area contributed by atoms with Crippen LogP contribution in [-0.2, 0) is 14.3 Å². The van der Waals surface area contributed by atoms with Crippen LogP contribution in [0.15, 0.2) is 0 Å². The van der Waals surface area contributed by atoms with Crippen molar-refractivity contribution in [2.24, 2.45) is 0 Å². The van der Waals surface area contributed by atoms with E-state index in [1.807, 2.05) is 0 Å². The molecule has 2 fully saturated rings. The predicted octanol–water partition coefficient (Wildman–Crippen LogP) is 0.492. The second-order valence-electron chi connectivity index (χ2n) is 3.80. The molecule has 1 heterocycles. The van der Waals surface area contributed by atoms with Crippen molar-refractivity contribution in [2.75, 3.05) is 20.3 Å². The van der Waals surface area contributed by atoms with E-state index in [0.29, 0.717) is 6.61 Å². The van der Waals surface area contributed by atoms with Gasteiger partial charge in [0.25, 0.3) is 0 Å². The van der Waals surface area contributed by atoms with Crippen molar-refractivity contribution < 1.29 is 14.3 Å². The number of halogens is 1. The fourth-order valence-electron chi connectivity index (χ4n) is 1.87. The van der Waals surface area contributed by atoms with Gasteiger partial charge in [-0.05, 0) is 19.3 Å². The Kier molecular flexibility index (Phi) is 3.75. The first-order valence-electron chi connectivity index (χ1n) is 4.71. The van der Waals surface area contributed by atoms with Crippen molar-refractivity contribution in [1.29, 1.82) is 0 Å². The van der Waals surface area contributed by atoms with Gasteiger partial charge < -0.3 is 9.47 Å². The highest BCUT2D eigenvalue weighted by Crippen LogP contribution is 2.36. The van der Waals surface area contributed by atoms with Crippen molar-refractivity contribution in [3.8, 4) is 0 Å². The number of nitrogens with one attached hydrogen (secondary N) is 1. The van der Waals surface area contributed by atoms with E-state index in [1.165, 1.54) is 13.5 Å². The average Bonchev–Trinajstić information content (AvgIpc) is 2.14. The quantitative estimate of drug-likeness (QED) is 0.655. The molecular weight excluding hydrogens is 206 g/mol. The van der Waals surface area contributed by atoms with Crippen molar-refractivity contribution in [1.82, 2.24) is 5.32 Å². The lowest BCUT2D eigenvalue weighted by Crippen LogP contribution is -2.60. The number of carbonyl (C=O) groups excluding carboxylic acids is 1. The molecule has 0 bridgehead atoms. The van der Waals surface area contributed by atoms with E-state index in [4.69, 9.17) is 4.74 Å². The van der Waals surface area contributed by atoms with Gasteiger partial charge in [-0.3, -0.25) is 10.1 Å². The molecule has 5 heteroatoms. The van der Waals surface area contributed by atoms with Crippen LogP contribution in [0, 0.1) is 0 Å². The van der Waals surface area contributed by atoms with Crippen LogP contribution >= 0.6 is 12.4 Å². The molecule has 14 heavy (non-hydrogen) atoms. The van der Waals surface area contributed by atoms with Crippen molar-refractivity contribution >= 4 is 18.4 Å². The van der Waals surface area contributed by atoms with Gasteiger partial charge in [0.15, 0.2) is 0 Å². The number of morpholine rings is 1. The Morgan fingerprint density at radius 2 is 2.29 bits per heavy atom. The second-order valence-corrected chi connectivity index (χ2v) is 3.80. The average molecular weight is 222 g/mol. The Morgan fingerprint density at radius 3 is 2.64 bits per heavy atom. The van der Waals surface area contributed by atoms with Gasteiger partial charge >= 0.3 is 5.97 Å². The molecule has 1 saturated carbocycles. The fourth-order valence-corrected chi connectivity index (χ4v) is 1.87. The minimum Gasteiger partial charge on any atom is -0.468 e. The minimum atomic E-state index is -0.267. The van der Waals surface area contributed by atoms with Crippen molar-refractivity contribution in [2.45, 2.75) is 30.9 Å². The summed E-state index contributed by atoms with van der Waals surface area (Å²) < 4.78 is 10.3. The molecular formula is C9H16ClNO3. The molecule has 1 N–H and O–H groups in total. The zero-order chi connectivity index (χ0) is 9.31. The third kappa shape index (κ3) is 2.02. The predicted molar refractivity (Wildman–Crippen MR) is 53.6 cm³/mol. The molecule has 1 saturated heterocycles. The lowest BCUT2D eigenvalue weighted by Gasteiger charge is -2.46. The first kappa shape index (κ1) is 11.8. The number of methoxy groups -OCH3 is 1. The van der Waals surface area contributed by atoms with E-state index in [-0.39, 0.29) is 30.0 Å². The molecule has 0 aromatic carbocycles. The maximum Gasteiger partial charge on any atom is 0.325 e. The molecule has 82 valence electrons. The molecule has 1 aliphatic carbocycles. The van der Waals surface area contributed by atoms with Gasteiger partial charge in [-0.2, -0.15) is 0 Å². The highest BCUT2D eigenvalue weighted by Gasteiger charge is 2.42. The Labute approximate surface area is 89.7 Å². The van der Waals surface area contributed by atoms with Gasteiger partial charge in [-0.1, -0.05) is 0 Å². The van der Waals surface area contributed by atoms with Crippen molar-refractivity contribution in [3.63, 3.8) is 0 Å². The van der Waals surface area contributed by atoms with E-state index in [2.05, 4.69) is 10.1 Å². The number of hydrogen-bond donors (Lipinski definition) is 1. The van der Waals surface area contributed by atoms with Crippen molar-refractivity contribution in [3.05, 3.63) is 0 Å². The number of rotatable bonds is 1. The maximum atomic E-state index is 11.1. The van der Waals surface area contributed by atoms with Gasteiger partial charge in [-0.25, -0.2) is 0 Å². The van der Waals surface area contributed by atoms with E-state index in [9.17, 15) is 4.79 Å². The summed E-state index contributed by atoms with van der Waals surface area (Å²) in [5, 5.41) is 3.16. The molecule has 2 aliphatic rings. The summed E-state index contributed by atoms with van der Waals surface area (Å²) >= 11 is 0. The summed E-state index contributed by atoms with van der Waals surface area (Å²) in [6.45, 7) is 1.24. The van der Waals surface area contributed by atoms with Gasteiger partial charge in [0.1, 0.15) is 6.04 Å². The third-order valence-electron chi connectivity index (χ3n) is 2.98. The standard InChI is InChI=1S/C9H15NO3.ClH/c1-12-8(11)7-5-13-9(6-10-7)3-2-4-9;/h7,10H,2-6H2,1H3;1H. The second kappa shape index (κ2) is 4.47. The highest BCUT2D eigenvalue weighted by atomic mass is 35.5. The molecule has 0 amide bonds. The Bertz CT molecular complexity index is 208. The van der Waals surface area contributed by atoms with Crippen LogP contribution in [0.5, 0.6) is 0 Å². The number of esters is 1. The Hall–Kier alpha value is -0.320. The summed E-state index contributed by atoms with van der Waals surface area (Å²) in [4.78, 5) is 11.1. The lowest BCUT2D eigenvalue weighted by atomic mass is 9.79. The van der Waals surface area contributed by atoms with E-state index in [1.54, 1.807) is 0 Å². The normalized spacial score (nSPS) is 28.8. The first-order valence-corrected chi connectivity index (χ1v) is 4.71. The van der Waals surface area contributed by atoms with Crippen LogP contribution in [0.4, 0.5) is 0 Å². The molecule has 1 aliphatic heterocycles. The molecule has 0 aromatic rings. The molecule has 1 unspecified atom stereocenters. The Balaban J connectivity index is 0.000000980. The summed E-state index contributed by atoms with van der Waals surface area (Å²) in [5.74, 6) is -0.228. The third-order valence-corrected chi connectivity index (χ3v) is 2.98. The molecule has 4 nitrogen and oxygen atoms in total. The molecule has 2 rings (SSSR count). The number of hydrogen-bond acceptors (Lipinski definition) is 4. The zero-order valence-electron chi connectivity index (χ0n) is 8.25. The topological polar surface area (TPSA) is 47.6 Å². The maximum absolute atomic E-state index is 11.1. The van der Waals surface area contributed by atoms with E-state index >= 15 is 0 Å². The molecule has 1 spiro atoms. The largest absolute Gasteiger partial charge is 0.468 e. The molecule has 0 aromatic heterocycles. The van der Waals surface area contributed by atoms with Crippen LogP contribution in [0.2, 0.25) is 0 Å². The summed E-state index contributed by atoms with van der Waals surface area (Å²) in [5.41, 5.74) is 0.0462. The SMILES string of the molecule is COC(=O)C1COC2(CCC2)CN1.Cl. The van der Waals surface area contributed by atoms with Crippen LogP contribution in [0.3, 0.4) is 0 Å². The smallest absolute Gasteiger partial charge is 0.325 e. The zero-order valence-corrected chi connectivity index (χ0v) is 9.06. The summed E-state index contributed by atoms with van der Waals surface area (Å²) in [6.07, 6.45) is 3.48. The van der Waals surface area contributed by atoms with Crippen LogP contribution in [0.25, 0.3) is 0 Å². The van der Waals surface area contributed by atoms with E-state index in [0.717, 1.165) is 19.4 Å². The summed E-state index contributed by atoms with van der Waals surface area (Å²) in [6, 6.07) is -0.267. The van der Waals surface area contributed by atoms with Gasteiger partial charge in [-0.15, -0.1) is 12.4 Å². The molecule has 0 radical (unpaired) electrons. The van der Waals surface area contributed by atoms with Gasteiger partial charge in [0.05, 0.1) is 19.3 Å². The Morgan fingerprint density at radius 1 is 1.57 bits per heavy atom.